The van der Waals surface area contributed by atoms with Crippen LogP contribution in [0.1, 0.15) is 23.0 Å². The Bertz CT molecular complexity index is 827. The van der Waals surface area contributed by atoms with Crippen LogP contribution in [0.4, 0.5) is 0 Å². The van der Waals surface area contributed by atoms with Crippen LogP contribution < -0.4 is 14.8 Å². The molecule has 0 atom stereocenters. The van der Waals surface area contributed by atoms with Crippen molar-refractivity contribution in [3.8, 4) is 11.5 Å². The van der Waals surface area contributed by atoms with Crippen LogP contribution in [0.3, 0.4) is 0 Å². The van der Waals surface area contributed by atoms with E-state index in [0.717, 1.165) is 23.0 Å². The minimum absolute atomic E-state index is 0.0701. The maximum atomic E-state index is 12.4. The smallest absolute Gasteiger partial charge is 0.289 e. The summed E-state index contributed by atoms with van der Waals surface area (Å²) in [6.07, 6.45) is 1.52. The molecule has 0 radical (unpaired) electrons. The molecule has 1 aromatic heterocycles. The molecular formula is C21H28N4O4. The van der Waals surface area contributed by atoms with E-state index in [2.05, 4.69) is 15.2 Å². The Morgan fingerprint density at radius 3 is 2.55 bits per heavy atom. The number of hydrogen-bond donors (Lipinski definition) is 1. The lowest BCUT2D eigenvalue weighted by atomic mass is 10.2. The summed E-state index contributed by atoms with van der Waals surface area (Å²) in [5, 5.41) is 3.39. The number of guanidine groups is 1. The summed E-state index contributed by atoms with van der Waals surface area (Å²) in [6.45, 7) is 5.80. The van der Waals surface area contributed by atoms with Gasteiger partial charge in [-0.15, -0.1) is 0 Å². The number of piperazine rings is 1. The van der Waals surface area contributed by atoms with Gasteiger partial charge in [0.2, 0.25) is 0 Å². The van der Waals surface area contributed by atoms with Gasteiger partial charge >= 0.3 is 0 Å². The molecule has 1 aliphatic heterocycles. The van der Waals surface area contributed by atoms with E-state index in [4.69, 9.17) is 13.9 Å². The summed E-state index contributed by atoms with van der Waals surface area (Å²) >= 11 is 0. The van der Waals surface area contributed by atoms with Crippen LogP contribution in [-0.2, 0) is 6.54 Å². The number of methoxy groups -OCH3 is 1. The van der Waals surface area contributed by atoms with Crippen molar-refractivity contribution in [2.75, 3.05) is 46.9 Å². The maximum Gasteiger partial charge on any atom is 0.289 e. The average Bonchev–Trinajstić information content (AvgIpc) is 3.29. The van der Waals surface area contributed by atoms with Crippen LogP contribution in [-0.4, -0.2) is 68.6 Å². The number of ether oxygens (including phenoxy) is 2. The van der Waals surface area contributed by atoms with E-state index < -0.39 is 0 Å². The molecular weight excluding hydrogens is 372 g/mol. The summed E-state index contributed by atoms with van der Waals surface area (Å²) in [4.78, 5) is 20.8. The SMILES string of the molecule is CCOc1cc(CNC(=NC)N2CCN(C(=O)c3ccco3)CC2)ccc1OC. The summed E-state index contributed by atoms with van der Waals surface area (Å²) in [5.74, 6) is 2.57. The molecule has 0 spiro atoms. The molecule has 1 aromatic carbocycles. The topological polar surface area (TPSA) is 79.5 Å². The zero-order valence-electron chi connectivity index (χ0n) is 17.2. The Labute approximate surface area is 171 Å². The van der Waals surface area contributed by atoms with Crippen molar-refractivity contribution in [2.24, 2.45) is 4.99 Å². The van der Waals surface area contributed by atoms with Crippen LogP contribution in [0.25, 0.3) is 0 Å². The van der Waals surface area contributed by atoms with Crippen LogP contribution in [0.5, 0.6) is 11.5 Å². The van der Waals surface area contributed by atoms with Crippen molar-refractivity contribution in [1.82, 2.24) is 15.1 Å². The second-order valence-electron chi connectivity index (χ2n) is 6.58. The maximum absolute atomic E-state index is 12.4. The molecule has 0 saturated carbocycles. The number of rotatable bonds is 6. The first-order chi connectivity index (χ1) is 14.2. The first kappa shape index (κ1) is 20.6. The van der Waals surface area contributed by atoms with Crippen LogP contribution in [0.2, 0.25) is 0 Å². The number of furan rings is 1. The van der Waals surface area contributed by atoms with E-state index in [1.165, 1.54) is 6.26 Å². The van der Waals surface area contributed by atoms with Crippen molar-refractivity contribution in [2.45, 2.75) is 13.5 Å². The third-order valence-corrected chi connectivity index (χ3v) is 4.79. The normalized spacial score (nSPS) is 14.7. The van der Waals surface area contributed by atoms with E-state index in [-0.39, 0.29) is 5.91 Å². The highest BCUT2D eigenvalue weighted by atomic mass is 16.5. The van der Waals surface area contributed by atoms with Crippen molar-refractivity contribution < 1.29 is 18.7 Å². The second-order valence-corrected chi connectivity index (χ2v) is 6.58. The van der Waals surface area contributed by atoms with Gasteiger partial charge in [0.15, 0.2) is 23.2 Å². The van der Waals surface area contributed by atoms with Gasteiger partial charge in [-0.25, -0.2) is 0 Å². The minimum atomic E-state index is -0.0701. The predicted octanol–water partition coefficient (Wildman–Crippen LogP) is 2.22. The monoisotopic (exact) mass is 400 g/mol. The van der Waals surface area contributed by atoms with Crippen molar-refractivity contribution >= 4 is 11.9 Å². The van der Waals surface area contributed by atoms with Crippen LogP contribution in [0.15, 0.2) is 46.0 Å². The van der Waals surface area contributed by atoms with Gasteiger partial charge in [-0.1, -0.05) is 6.07 Å². The molecule has 1 fully saturated rings. The standard InChI is InChI=1S/C21H28N4O4/c1-4-28-19-14-16(7-8-17(19)27-3)15-23-21(22-2)25-11-9-24(10-12-25)20(26)18-6-5-13-29-18/h5-8,13-14H,4,9-12,15H2,1-3H3,(H,22,23). The Hall–Kier alpha value is -3.16. The summed E-state index contributed by atoms with van der Waals surface area (Å²) in [6, 6.07) is 9.31. The Morgan fingerprint density at radius 1 is 1.17 bits per heavy atom. The predicted molar refractivity (Wildman–Crippen MR) is 111 cm³/mol. The molecule has 8 heteroatoms. The van der Waals surface area contributed by atoms with Crippen LogP contribution >= 0.6 is 0 Å². The van der Waals surface area contributed by atoms with Crippen molar-refractivity contribution in [1.29, 1.82) is 0 Å². The molecule has 29 heavy (non-hydrogen) atoms. The molecule has 1 aliphatic rings. The van der Waals surface area contributed by atoms with Crippen molar-refractivity contribution in [3.63, 3.8) is 0 Å². The number of amides is 1. The molecule has 0 aliphatic carbocycles. The second kappa shape index (κ2) is 9.86. The lowest BCUT2D eigenvalue weighted by Crippen LogP contribution is -2.53. The van der Waals surface area contributed by atoms with Gasteiger partial charge < -0.3 is 29.0 Å². The molecule has 1 amide bonds. The number of nitrogens with one attached hydrogen (secondary N) is 1. The van der Waals surface area contributed by atoms with Gasteiger partial charge in [0.1, 0.15) is 0 Å². The van der Waals surface area contributed by atoms with E-state index in [1.54, 1.807) is 31.2 Å². The lowest BCUT2D eigenvalue weighted by molar-refractivity contribution is 0.0657. The van der Waals surface area contributed by atoms with Gasteiger partial charge in [-0.3, -0.25) is 9.79 Å². The molecule has 0 unspecified atom stereocenters. The van der Waals surface area contributed by atoms with E-state index in [0.29, 0.717) is 45.1 Å². The molecule has 2 heterocycles. The highest BCUT2D eigenvalue weighted by molar-refractivity contribution is 5.91. The quantitative estimate of drug-likeness (QED) is 0.592. The first-order valence-corrected chi connectivity index (χ1v) is 9.74. The zero-order chi connectivity index (χ0) is 20.6. The minimum Gasteiger partial charge on any atom is -0.493 e. The highest BCUT2D eigenvalue weighted by Crippen LogP contribution is 2.28. The lowest BCUT2D eigenvalue weighted by Gasteiger charge is -2.36. The number of benzene rings is 1. The van der Waals surface area contributed by atoms with Crippen LogP contribution in [0, 0.1) is 0 Å². The average molecular weight is 400 g/mol. The van der Waals surface area contributed by atoms with Gasteiger partial charge in [0.05, 0.1) is 20.0 Å². The number of carbonyl (C=O) groups is 1. The number of hydrogen-bond acceptors (Lipinski definition) is 5. The highest BCUT2D eigenvalue weighted by Gasteiger charge is 2.25. The fraction of sp³-hybridized carbons (Fsp3) is 0.429. The zero-order valence-corrected chi connectivity index (χ0v) is 17.2. The fourth-order valence-electron chi connectivity index (χ4n) is 3.29. The van der Waals surface area contributed by atoms with E-state index >= 15 is 0 Å². The summed E-state index contributed by atoms with van der Waals surface area (Å²) in [7, 11) is 3.40. The first-order valence-electron chi connectivity index (χ1n) is 9.74. The molecule has 2 aromatic rings. The summed E-state index contributed by atoms with van der Waals surface area (Å²) < 4.78 is 16.2. The summed E-state index contributed by atoms with van der Waals surface area (Å²) in [5.41, 5.74) is 1.07. The number of carbonyl (C=O) groups excluding carboxylic acids is 1. The molecule has 1 saturated heterocycles. The molecule has 1 N–H and O–H groups in total. The molecule has 8 nitrogen and oxygen atoms in total. The van der Waals surface area contributed by atoms with Gasteiger partial charge in [0, 0.05) is 39.8 Å². The third-order valence-electron chi connectivity index (χ3n) is 4.79. The molecule has 0 bridgehead atoms. The van der Waals surface area contributed by atoms with Gasteiger partial charge in [-0.05, 0) is 36.8 Å². The Morgan fingerprint density at radius 2 is 1.93 bits per heavy atom. The largest absolute Gasteiger partial charge is 0.493 e. The number of nitrogens with zero attached hydrogens (tertiary/aromatic N) is 3. The molecule has 3 rings (SSSR count). The van der Waals surface area contributed by atoms with E-state index in [9.17, 15) is 4.79 Å². The Balaban J connectivity index is 1.55. The number of aliphatic imine (C=N–C) groups is 1. The van der Waals surface area contributed by atoms with E-state index in [1.807, 2.05) is 25.1 Å². The van der Waals surface area contributed by atoms with Crippen molar-refractivity contribution in [3.05, 3.63) is 47.9 Å². The fourth-order valence-corrected chi connectivity index (χ4v) is 3.29. The Kier molecular flexibility index (Phi) is 6.99. The van der Waals surface area contributed by atoms with Gasteiger partial charge in [0.25, 0.3) is 5.91 Å². The molecule has 156 valence electrons. The van der Waals surface area contributed by atoms with Gasteiger partial charge in [-0.2, -0.15) is 0 Å². The third kappa shape index (κ3) is 5.01.